The molecule has 1 unspecified atom stereocenters. The predicted molar refractivity (Wildman–Crippen MR) is 96.8 cm³/mol. The number of carbonyl (C=O) groups excluding carboxylic acids is 2. The monoisotopic (exact) mass is 413 g/mol. The SMILES string of the molecule is CC1CCc2sc(C(=O)NNC(=O)Cn3cc(C(F)(F)F)ccc3=O)cc2C1. The zero-order valence-corrected chi connectivity index (χ0v) is 15.7. The van der Waals surface area contributed by atoms with E-state index < -0.39 is 35.7 Å². The largest absolute Gasteiger partial charge is 0.417 e. The number of halogens is 3. The molecule has 0 saturated carbocycles. The molecule has 2 aromatic rings. The molecule has 0 saturated heterocycles. The van der Waals surface area contributed by atoms with Crippen molar-refractivity contribution in [1.82, 2.24) is 15.4 Å². The Morgan fingerprint density at radius 3 is 2.75 bits per heavy atom. The lowest BCUT2D eigenvalue weighted by atomic mass is 9.90. The maximum atomic E-state index is 12.7. The standard InChI is InChI=1S/C18H18F3N3O3S/c1-10-2-4-13-11(6-10)7-14(28-13)17(27)23-22-15(25)9-24-8-12(18(19,20)21)3-5-16(24)26/h3,5,7-8,10H,2,4,6,9H2,1H3,(H,22,25)(H,23,27). The second-order valence-electron chi connectivity index (χ2n) is 6.79. The van der Waals surface area contributed by atoms with Crippen LogP contribution in [0.1, 0.15) is 39.0 Å². The summed E-state index contributed by atoms with van der Waals surface area (Å²) in [6, 6.07) is 3.19. The molecule has 0 bridgehead atoms. The van der Waals surface area contributed by atoms with Gasteiger partial charge in [-0.25, -0.2) is 0 Å². The summed E-state index contributed by atoms with van der Waals surface area (Å²) in [7, 11) is 0. The van der Waals surface area contributed by atoms with Gasteiger partial charge in [-0.1, -0.05) is 6.92 Å². The second kappa shape index (κ2) is 7.78. The molecule has 2 amide bonds. The number of hydrogen-bond acceptors (Lipinski definition) is 4. The number of aromatic nitrogens is 1. The number of amides is 2. The van der Waals surface area contributed by atoms with Crippen LogP contribution in [-0.4, -0.2) is 16.4 Å². The third kappa shape index (κ3) is 4.61. The number of hydrazine groups is 1. The molecule has 6 nitrogen and oxygen atoms in total. The number of aryl methyl sites for hydroxylation is 1. The number of carbonyl (C=O) groups is 2. The number of rotatable bonds is 3. The van der Waals surface area contributed by atoms with Crippen molar-refractivity contribution in [2.45, 2.75) is 38.9 Å². The summed E-state index contributed by atoms with van der Waals surface area (Å²) in [5, 5.41) is 0. The summed E-state index contributed by atoms with van der Waals surface area (Å²) in [6.45, 7) is 1.50. The van der Waals surface area contributed by atoms with Crippen molar-refractivity contribution in [1.29, 1.82) is 0 Å². The average molecular weight is 413 g/mol. The van der Waals surface area contributed by atoms with Gasteiger partial charge in [-0.2, -0.15) is 13.2 Å². The first-order chi connectivity index (χ1) is 13.1. The number of nitrogens with one attached hydrogen (secondary N) is 2. The number of alkyl halides is 3. The Bertz CT molecular complexity index is 965. The van der Waals surface area contributed by atoms with Gasteiger partial charge in [-0.3, -0.25) is 25.2 Å². The minimum Gasteiger partial charge on any atom is -0.305 e. The number of pyridine rings is 1. The normalized spacial score (nSPS) is 16.4. The topological polar surface area (TPSA) is 80.2 Å². The van der Waals surface area contributed by atoms with Crippen LogP contribution in [0, 0.1) is 5.92 Å². The molecule has 2 N–H and O–H groups in total. The fourth-order valence-corrected chi connectivity index (χ4v) is 4.13. The van der Waals surface area contributed by atoms with Crippen molar-refractivity contribution in [2.24, 2.45) is 5.92 Å². The van der Waals surface area contributed by atoms with E-state index in [1.54, 1.807) is 6.07 Å². The smallest absolute Gasteiger partial charge is 0.305 e. The Morgan fingerprint density at radius 1 is 1.29 bits per heavy atom. The number of thiophene rings is 1. The molecular formula is C18H18F3N3O3S. The van der Waals surface area contributed by atoms with Gasteiger partial charge < -0.3 is 4.57 Å². The quantitative estimate of drug-likeness (QED) is 0.759. The Kier molecular flexibility index (Phi) is 5.59. The van der Waals surface area contributed by atoms with Gasteiger partial charge >= 0.3 is 6.18 Å². The lowest BCUT2D eigenvalue weighted by Gasteiger charge is -2.16. The van der Waals surface area contributed by atoms with E-state index in [9.17, 15) is 27.6 Å². The maximum absolute atomic E-state index is 12.7. The summed E-state index contributed by atoms with van der Waals surface area (Å²) in [6.07, 6.45) is -1.17. The van der Waals surface area contributed by atoms with Crippen LogP contribution in [0.5, 0.6) is 0 Å². The highest BCUT2D eigenvalue weighted by Crippen LogP contribution is 2.32. The number of fused-ring (bicyclic) bond motifs is 1. The van der Waals surface area contributed by atoms with E-state index >= 15 is 0 Å². The lowest BCUT2D eigenvalue weighted by molar-refractivity contribution is -0.138. The molecule has 2 heterocycles. The van der Waals surface area contributed by atoms with Crippen LogP contribution in [0.2, 0.25) is 0 Å². The minimum absolute atomic E-state index is 0.454. The van der Waals surface area contributed by atoms with E-state index in [0.29, 0.717) is 27.6 Å². The van der Waals surface area contributed by atoms with Gasteiger partial charge in [0.1, 0.15) is 6.54 Å². The summed E-state index contributed by atoms with van der Waals surface area (Å²) in [5.41, 5.74) is 3.71. The Hall–Kier alpha value is -2.62. The molecule has 1 aliphatic rings. The van der Waals surface area contributed by atoms with E-state index in [0.717, 1.165) is 35.8 Å². The highest BCUT2D eigenvalue weighted by Gasteiger charge is 2.31. The van der Waals surface area contributed by atoms with Crippen molar-refractivity contribution < 1.29 is 22.8 Å². The van der Waals surface area contributed by atoms with Gasteiger partial charge in [0, 0.05) is 17.1 Å². The van der Waals surface area contributed by atoms with Crippen LogP contribution >= 0.6 is 11.3 Å². The van der Waals surface area contributed by atoms with E-state index in [1.807, 2.05) is 0 Å². The first-order valence-electron chi connectivity index (χ1n) is 8.62. The van der Waals surface area contributed by atoms with Crippen molar-refractivity contribution in [3.63, 3.8) is 0 Å². The Balaban J connectivity index is 1.60. The third-order valence-electron chi connectivity index (χ3n) is 4.49. The Morgan fingerprint density at radius 2 is 2.04 bits per heavy atom. The molecule has 0 radical (unpaired) electrons. The molecule has 1 atom stereocenters. The van der Waals surface area contributed by atoms with Crippen LogP contribution in [0.4, 0.5) is 13.2 Å². The van der Waals surface area contributed by atoms with E-state index in [2.05, 4.69) is 17.8 Å². The number of hydrogen-bond donors (Lipinski definition) is 2. The van der Waals surface area contributed by atoms with Gasteiger partial charge in [0.2, 0.25) is 0 Å². The maximum Gasteiger partial charge on any atom is 0.417 e. The molecule has 3 rings (SSSR count). The zero-order valence-electron chi connectivity index (χ0n) is 14.9. The summed E-state index contributed by atoms with van der Waals surface area (Å²) >= 11 is 1.36. The van der Waals surface area contributed by atoms with E-state index in [-0.39, 0.29) is 0 Å². The zero-order chi connectivity index (χ0) is 20.5. The van der Waals surface area contributed by atoms with E-state index in [4.69, 9.17) is 0 Å². The first kappa shape index (κ1) is 20.1. The van der Waals surface area contributed by atoms with Crippen molar-refractivity contribution in [2.75, 3.05) is 0 Å². The van der Waals surface area contributed by atoms with Gasteiger partial charge in [0.15, 0.2) is 0 Å². The lowest BCUT2D eigenvalue weighted by Crippen LogP contribution is -2.44. The van der Waals surface area contributed by atoms with Crippen molar-refractivity contribution >= 4 is 23.2 Å². The van der Waals surface area contributed by atoms with Gasteiger partial charge in [-0.05, 0) is 42.9 Å². The minimum atomic E-state index is -4.63. The molecule has 2 aromatic heterocycles. The molecule has 0 aromatic carbocycles. The Labute approximate surface area is 162 Å². The summed E-state index contributed by atoms with van der Waals surface area (Å²) < 4.78 is 38.8. The van der Waals surface area contributed by atoms with Gasteiger partial charge in [0.25, 0.3) is 17.4 Å². The van der Waals surface area contributed by atoms with Gasteiger partial charge in [0.05, 0.1) is 10.4 Å². The second-order valence-corrected chi connectivity index (χ2v) is 7.93. The highest BCUT2D eigenvalue weighted by molar-refractivity contribution is 7.14. The van der Waals surface area contributed by atoms with Crippen molar-refractivity contribution in [3.8, 4) is 0 Å². The fourth-order valence-electron chi connectivity index (χ4n) is 3.02. The molecule has 1 aliphatic carbocycles. The summed E-state index contributed by atoms with van der Waals surface area (Å²) in [4.78, 5) is 37.4. The van der Waals surface area contributed by atoms with Gasteiger partial charge in [-0.15, -0.1) is 11.3 Å². The highest BCUT2D eigenvalue weighted by atomic mass is 32.1. The molecule has 28 heavy (non-hydrogen) atoms. The van der Waals surface area contributed by atoms with Crippen LogP contribution < -0.4 is 16.4 Å². The van der Waals surface area contributed by atoms with Crippen LogP contribution in [0.3, 0.4) is 0 Å². The average Bonchev–Trinajstić information content (AvgIpc) is 3.03. The molecule has 0 fully saturated rings. The molecule has 0 aliphatic heterocycles. The number of nitrogens with zero attached hydrogens (tertiary/aromatic N) is 1. The van der Waals surface area contributed by atoms with Crippen LogP contribution in [-0.2, 0) is 30.4 Å². The van der Waals surface area contributed by atoms with Crippen LogP contribution in [0.25, 0.3) is 0 Å². The first-order valence-corrected chi connectivity index (χ1v) is 9.43. The molecule has 0 spiro atoms. The van der Waals surface area contributed by atoms with Crippen LogP contribution in [0.15, 0.2) is 29.2 Å². The third-order valence-corrected chi connectivity index (χ3v) is 5.73. The predicted octanol–water partition coefficient (Wildman–Crippen LogP) is 2.51. The molecule has 10 heteroatoms. The molecule has 150 valence electrons. The molecular weight excluding hydrogens is 395 g/mol. The van der Waals surface area contributed by atoms with Crippen molar-refractivity contribution in [3.05, 3.63) is 55.6 Å². The fraction of sp³-hybridized carbons (Fsp3) is 0.389. The van der Waals surface area contributed by atoms with E-state index in [1.165, 1.54) is 11.3 Å². The summed E-state index contributed by atoms with van der Waals surface area (Å²) in [5.74, 6) is -0.759.